The van der Waals surface area contributed by atoms with E-state index in [-0.39, 0.29) is 35.8 Å². The normalized spacial score (nSPS) is 15.7. The lowest BCUT2D eigenvalue weighted by molar-refractivity contribution is -0.117. The van der Waals surface area contributed by atoms with Gasteiger partial charge in [-0.1, -0.05) is 62.3 Å². The molecule has 3 aromatic carbocycles. The van der Waals surface area contributed by atoms with Gasteiger partial charge >= 0.3 is 17.8 Å². The van der Waals surface area contributed by atoms with Crippen molar-refractivity contribution in [1.82, 2.24) is 40.9 Å². The Morgan fingerprint density at radius 3 is 2.30 bits per heavy atom. The Labute approximate surface area is 330 Å². The molecule has 0 radical (unpaired) electrons. The van der Waals surface area contributed by atoms with E-state index in [9.17, 15) is 14.4 Å². The smallest absolute Gasteiger partial charge is 0.329 e. The molecule has 292 valence electrons. The van der Waals surface area contributed by atoms with Crippen LogP contribution in [0.3, 0.4) is 0 Å². The minimum absolute atomic E-state index is 0.0501. The number of fused-ring (bicyclic) bond motifs is 1. The number of amides is 4. The number of carbonyl (C=O) groups excluding carboxylic acids is 3. The molecule has 0 saturated carbocycles. The van der Waals surface area contributed by atoms with Crippen molar-refractivity contribution in [2.24, 2.45) is 0 Å². The number of nitrogens with one attached hydrogen (secondary N) is 3. The van der Waals surface area contributed by atoms with E-state index in [2.05, 4.69) is 77.2 Å². The number of urea groups is 1. The molecular weight excluding hydrogens is 721 g/mol. The molecule has 2 aliphatic heterocycles. The Kier molecular flexibility index (Phi) is 10.0. The number of anilines is 2. The minimum Gasteiger partial charge on any atom is -0.369 e. The van der Waals surface area contributed by atoms with Gasteiger partial charge in [0.1, 0.15) is 12.2 Å². The Morgan fingerprint density at radius 1 is 0.912 bits per heavy atom. The SMILES string of the molecule is Cc1cc(-c2n[nH]c3ncc(-c4ccc(N5CCN(CCc6ccc(N7CC(=O)NC7=O)cc6)CC5)cc4)cc23)ccc1C(C)NC(=O)c1nc(C(C)(C)C)no1. The van der Waals surface area contributed by atoms with E-state index in [1.165, 1.54) is 16.2 Å². The van der Waals surface area contributed by atoms with Gasteiger partial charge < -0.3 is 14.7 Å². The van der Waals surface area contributed by atoms with Crippen LogP contribution < -0.4 is 20.4 Å². The first-order valence-electron chi connectivity index (χ1n) is 19.3. The summed E-state index contributed by atoms with van der Waals surface area (Å²) in [5.41, 5.74) is 9.36. The van der Waals surface area contributed by atoms with Crippen molar-refractivity contribution >= 4 is 40.3 Å². The van der Waals surface area contributed by atoms with Crippen molar-refractivity contribution in [1.29, 1.82) is 0 Å². The Morgan fingerprint density at radius 2 is 1.63 bits per heavy atom. The van der Waals surface area contributed by atoms with Crippen LogP contribution >= 0.6 is 0 Å². The largest absolute Gasteiger partial charge is 0.369 e. The monoisotopic (exact) mass is 766 g/mol. The molecule has 0 bridgehead atoms. The summed E-state index contributed by atoms with van der Waals surface area (Å²) in [7, 11) is 0. The molecule has 1 atom stereocenters. The summed E-state index contributed by atoms with van der Waals surface area (Å²) < 4.78 is 5.23. The van der Waals surface area contributed by atoms with Crippen LogP contribution in [0.4, 0.5) is 16.2 Å². The number of aryl methyl sites for hydroxylation is 1. The quantitative estimate of drug-likeness (QED) is 0.137. The van der Waals surface area contributed by atoms with Gasteiger partial charge in [-0.05, 0) is 78.9 Å². The number of nitrogens with zero attached hydrogens (tertiary/aromatic N) is 7. The molecule has 2 aliphatic rings. The first-order valence-corrected chi connectivity index (χ1v) is 19.3. The topological polar surface area (TPSA) is 165 Å². The number of carbonyl (C=O) groups is 3. The van der Waals surface area contributed by atoms with Crippen molar-refractivity contribution in [3.63, 3.8) is 0 Å². The fourth-order valence-corrected chi connectivity index (χ4v) is 7.42. The van der Waals surface area contributed by atoms with E-state index in [4.69, 9.17) is 9.51 Å². The van der Waals surface area contributed by atoms with E-state index >= 15 is 0 Å². The number of H-pyrrole nitrogens is 1. The molecule has 8 rings (SSSR count). The number of rotatable bonds is 10. The summed E-state index contributed by atoms with van der Waals surface area (Å²) in [5.74, 6) is -0.251. The molecule has 6 aromatic rings. The van der Waals surface area contributed by atoms with Gasteiger partial charge in [0.05, 0.1) is 6.04 Å². The van der Waals surface area contributed by atoms with Gasteiger partial charge in [0.25, 0.3) is 0 Å². The number of aromatic amines is 1. The van der Waals surface area contributed by atoms with Gasteiger partial charge in [0.2, 0.25) is 5.91 Å². The third kappa shape index (κ3) is 7.99. The first kappa shape index (κ1) is 37.5. The maximum atomic E-state index is 12.9. The molecule has 0 spiro atoms. The van der Waals surface area contributed by atoms with Crippen molar-refractivity contribution in [3.05, 3.63) is 107 Å². The van der Waals surface area contributed by atoms with Gasteiger partial charge in [-0.2, -0.15) is 10.1 Å². The molecule has 3 N–H and O–H groups in total. The van der Waals surface area contributed by atoms with Gasteiger partial charge in [-0.15, -0.1) is 0 Å². The second-order valence-electron chi connectivity index (χ2n) is 15.9. The average Bonchev–Trinajstić information content (AvgIpc) is 3.96. The molecule has 14 nitrogen and oxygen atoms in total. The highest BCUT2D eigenvalue weighted by atomic mass is 16.5. The van der Waals surface area contributed by atoms with Crippen molar-refractivity contribution in [2.75, 3.05) is 49.1 Å². The van der Waals surface area contributed by atoms with Crippen molar-refractivity contribution in [2.45, 2.75) is 52.5 Å². The zero-order valence-electron chi connectivity index (χ0n) is 32.8. The summed E-state index contributed by atoms with van der Waals surface area (Å²) in [5, 5.41) is 17.9. The molecule has 57 heavy (non-hydrogen) atoms. The Balaban J connectivity index is 0.872. The molecule has 1 unspecified atom stereocenters. The van der Waals surface area contributed by atoms with Gasteiger partial charge in [-0.25, -0.2) is 9.78 Å². The molecule has 3 aromatic heterocycles. The van der Waals surface area contributed by atoms with E-state index in [0.29, 0.717) is 11.5 Å². The highest BCUT2D eigenvalue weighted by Gasteiger charge is 2.28. The van der Waals surface area contributed by atoms with E-state index in [0.717, 1.165) is 83.7 Å². The molecule has 0 aliphatic carbocycles. The third-order valence-corrected chi connectivity index (χ3v) is 10.8. The lowest BCUT2D eigenvalue weighted by atomic mass is 9.96. The number of aromatic nitrogens is 5. The Bertz CT molecular complexity index is 2440. The van der Waals surface area contributed by atoms with Gasteiger partial charge in [0.15, 0.2) is 11.5 Å². The number of hydrogen-bond donors (Lipinski definition) is 3. The number of pyridine rings is 1. The van der Waals surface area contributed by atoms with Crippen LogP contribution in [0.1, 0.15) is 66.9 Å². The van der Waals surface area contributed by atoms with Crippen molar-refractivity contribution < 1.29 is 18.9 Å². The molecule has 14 heteroatoms. The fourth-order valence-electron chi connectivity index (χ4n) is 7.42. The zero-order chi connectivity index (χ0) is 39.8. The Hall–Kier alpha value is -6.41. The summed E-state index contributed by atoms with van der Waals surface area (Å²) in [6.07, 6.45) is 2.80. The van der Waals surface area contributed by atoms with Gasteiger partial charge in [-0.3, -0.25) is 29.8 Å². The maximum Gasteiger partial charge on any atom is 0.329 e. The number of hydrogen-bond acceptors (Lipinski definition) is 10. The van der Waals surface area contributed by atoms with Crippen LogP contribution in [0.25, 0.3) is 33.4 Å². The predicted molar refractivity (Wildman–Crippen MR) is 218 cm³/mol. The third-order valence-electron chi connectivity index (χ3n) is 10.8. The average molecular weight is 767 g/mol. The fraction of sp³-hybridized carbons (Fsp3) is 0.326. The van der Waals surface area contributed by atoms with Crippen LogP contribution in [-0.4, -0.2) is 87.3 Å². The zero-order valence-corrected chi connectivity index (χ0v) is 32.8. The molecule has 4 amide bonds. The lowest BCUT2D eigenvalue weighted by Crippen LogP contribution is -2.47. The number of benzene rings is 3. The van der Waals surface area contributed by atoms with Crippen LogP contribution in [0.15, 0.2) is 83.5 Å². The summed E-state index contributed by atoms with van der Waals surface area (Å²) in [4.78, 5) is 51.8. The molecule has 2 fully saturated rings. The first-order chi connectivity index (χ1) is 27.4. The summed E-state index contributed by atoms with van der Waals surface area (Å²) in [6.45, 7) is 14.7. The second-order valence-corrected chi connectivity index (χ2v) is 15.9. The summed E-state index contributed by atoms with van der Waals surface area (Å²) in [6, 6.07) is 24.2. The standard InChI is InChI=1S/C43H46N10O4/c1-26-22-30(10-15-34(26)27(2)45-39(55)40-47-41(50-57-40)43(3,4)5)37-35-23-31(24-44-38(35)49-48-37)29-8-13-32(14-9-29)52-20-18-51(19-21-52)17-16-28-6-11-33(12-7-28)53-25-36(54)46-42(53)56/h6-15,22-24,27H,16-21,25H2,1-5H3,(H,45,55)(H,44,48,49)(H,46,54,56). The van der Waals surface area contributed by atoms with Crippen LogP contribution in [0, 0.1) is 6.92 Å². The second kappa shape index (κ2) is 15.3. The summed E-state index contributed by atoms with van der Waals surface area (Å²) >= 11 is 0. The highest BCUT2D eigenvalue weighted by molar-refractivity contribution is 6.12. The van der Waals surface area contributed by atoms with Gasteiger partial charge in [0, 0.05) is 72.2 Å². The predicted octanol–water partition coefficient (Wildman–Crippen LogP) is 6.19. The van der Waals surface area contributed by atoms with E-state index in [1.807, 2.05) is 77.2 Å². The minimum atomic E-state index is -0.411. The van der Waals surface area contributed by atoms with E-state index in [1.54, 1.807) is 0 Å². The molecule has 2 saturated heterocycles. The molecular formula is C43H46N10O4. The van der Waals surface area contributed by atoms with Crippen LogP contribution in [-0.2, 0) is 16.6 Å². The van der Waals surface area contributed by atoms with E-state index < -0.39 is 5.91 Å². The highest BCUT2D eigenvalue weighted by Crippen LogP contribution is 2.32. The van der Waals surface area contributed by atoms with Crippen LogP contribution in [0.5, 0.6) is 0 Å². The number of imide groups is 1. The van der Waals surface area contributed by atoms with Crippen LogP contribution in [0.2, 0.25) is 0 Å². The number of piperazine rings is 1. The molecule has 5 heterocycles. The van der Waals surface area contributed by atoms with Crippen molar-refractivity contribution in [3.8, 4) is 22.4 Å². The maximum absolute atomic E-state index is 12.9. The lowest BCUT2D eigenvalue weighted by Gasteiger charge is -2.36.